The van der Waals surface area contributed by atoms with E-state index in [9.17, 15) is 13.2 Å². The molecule has 0 saturated carbocycles. The number of amides is 1. The fraction of sp³-hybridized carbons (Fsp3) is 0.312. The van der Waals surface area contributed by atoms with Crippen LogP contribution in [-0.2, 0) is 9.84 Å². The highest BCUT2D eigenvalue weighted by Gasteiger charge is 2.33. The van der Waals surface area contributed by atoms with E-state index in [2.05, 4.69) is 15.3 Å². The molecule has 0 radical (unpaired) electrons. The van der Waals surface area contributed by atoms with Crippen molar-refractivity contribution in [1.82, 2.24) is 14.9 Å². The molecule has 1 saturated heterocycles. The lowest BCUT2D eigenvalue weighted by molar-refractivity contribution is 0.0741. The van der Waals surface area contributed by atoms with Gasteiger partial charge in [-0.1, -0.05) is 11.6 Å². The van der Waals surface area contributed by atoms with Gasteiger partial charge in [-0.3, -0.25) is 4.79 Å². The summed E-state index contributed by atoms with van der Waals surface area (Å²) in [6.45, 7) is 0. The van der Waals surface area contributed by atoms with E-state index in [1.807, 2.05) is 0 Å². The zero-order valence-electron chi connectivity index (χ0n) is 13.5. The lowest BCUT2D eigenvalue weighted by atomic mass is 10.2. The monoisotopic (exact) mass is 380 g/mol. The minimum Gasteiger partial charge on any atom is -0.340 e. The van der Waals surface area contributed by atoms with E-state index in [1.165, 1.54) is 17.3 Å². The number of rotatable bonds is 4. The summed E-state index contributed by atoms with van der Waals surface area (Å²) >= 11 is 5.85. The summed E-state index contributed by atoms with van der Waals surface area (Å²) < 4.78 is 23.2. The Bertz CT molecular complexity index is 887. The first-order valence-electron chi connectivity index (χ1n) is 7.66. The largest absolute Gasteiger partial charge is 0.340 e. The molecule has 3 rings (SSSR count). The summed E-state index contributed by atoms with van der Waals surface area (Å²) in [4.78, 5) is 22.1. The molecule has 1 aromatic carbocycles. The highest BCUT2D eigenvalue weighted by atomic mass is 35.5. The standard InChI is InChI=1S/C16H17ClN4O3S/c1-21(13-6-7-25(23,24)9-13)16(22)14-8-15(19-10-18-14)20-12-4-2-11(17)3-5-12/h2-5,8,10,13H,6-7,9H2,1H3,(H,18,19,20). The van der Waals surface area contributed by atoms with Crippen LogP contribution in [0, 0.1) is 0 Å². The first-order chi connectivity index (χ1) is 11.8. The number of hydrogen-bond donors (Lipinski definition) is 1. The van der Waals surface area contributed by atoms with Crippen LogP contribution in [0.5, 0.6) is 0 Å². The van der Waals surface area contributed by atoms with Crippen LogP contribution in [0.4, 0.5) is 11.5 Å². The lowest BCUT2D eigenvalue weighted by Gasteiger charge is -2.23. The van der Waals surface area contributed by atoms with Crippen molar-refractivity contribution in [2.24, 2.45) is 0 Å². The van der Waals surface area contributed by atoms with Crippen molar-refractivity contribution in [3.05, 3.63) is 47.4 Å². The van der Waals surface area contributed by atoms with E-state index < -0.39 is 9.84 Å². The van der Waals surface area contributed by atoms with Crippen LogP contribution in [0.3, 0.4) is 0 Å². The number of aromatic nitrogens is 2. The van der Waals surface area contributed by atoms with Crippen molar-refractivity contribution >= 4 is 38.9 Å². The predicted molar refractivity (Wildman–Crippen MR) is 95.9 cm³/mol. The van der Waals surface area contributed by atoms with Gasteiger partial charge in [-0.05, 0) is 30.7 Å². The molecule has 0 bridgehead atoms. The molecule has 1 aliphatic rings. The van der Waals surface area contributed by atoms with Crippen molar-refractivity contribution in [2.75, 3.05) is 23.9 Å². The summed E-state index contributed by atoms with van der Waals surface area (Å²) in [7, 11) is -1.46. The van der Waals surface area contributed by atoms with Gasteiger partial charge in [-0.15, -0.1) is 0 Å². The molecule has 0 spiro atoms. The van der Waals surface area contributed by atoms with Crippen LogP contribution < -0.4 is 5.32 Å². The van der Waals surface area contributed by atoms with E-state index in [-0.39, 0.29) is 29.1 Å². The number of nitrogens with zero attached hydrogens (tertiary/aromatic N) is 3. The summed E-state index contributed by atoms with van der Waals surface area (Å²) in [6.07, 6.45) is 1.75. The molecule has 25 heavy (non-hydrogen) atoms. The van der Waals surface area contributed by atoms with Gasteiger partial charge in [0.15, 0.2) is 9.84 Å². The van der Waals surface area contributed by atoms with Crippen molar-refractivity contribution in [3.8, 4) is 0 Å². The van der Waals surface area contributed by atoms with Crippen LogP contribution >= 0.6 is 11.6 Å². The molecule has 9 heteroatoms. The van der Waals surface area contributed by atoms with E-state index in [1.54, 1.807) is 31.3 Å². The van der Waals surface area contributed by atoms with Crippen LogP contribution in [0.1, 0.15) is 16.9 Å². The molecule has 1 aliphatic heterocycles. The van der Waals surface area contributed by atoms with Gasteiger partial charge in [0.05, 0.1) is 11.5 Å². The van der Waals surface area contributed by atoms with E-state index in [0.717, 1.165) is 5.69 Å². The molecule has 7 nitrogen and oxygen atoms in total. The maximum Gasteiger partial charge on any atom is 0.272 e. The van der Waals surface area contributed by atoms with Crippen molar-refractivity contribution < 1.29 is 13.2 Å². The summed E-state index contributed by atoms with van der Waals surface area (Å²) in [5.74, 6) is 0.246. The lowest BCUT2D eigenvalue weighted by Crippen LogP contribution is -2.38. The summed E-state index contributed by atoms with van der Waals surface area (Å²) in [6, 6.07) is 8.29. The number of halogens is 1. The quantitative estimate of drug-likeness (QED) is 0.873. The van der Waals surface area contributed by atoms with Gasteiger partial charge >= 0.3 is 0 Å². The van der Waals surface area contributed by atoms with Crippen molar-refractivity contribution in [3.63, 3.8) is 0 Å². The Hall–Kier alpha value is -2.19. The average molecular weight is 381 g/mol. The van der Waals surface area contributed by atoms with Crippen LogP contribution in [-0.4, -0.2) is 53.8 Å². The van der Waals surface area contributed by atoms with Gasteiger partial charge in [0, 0.05) is 29.9 Å². The van der Waals surface area contributed by atoms with Crippen molar-refractivity contribution in [1.29, 1.82) is 0 Å². The third-order valence-electron chi connectivity index (χ3n) is 4.08. The van der Waals surface area contributed by atoms with Gasteiger partial charge in [0.1, 0.15) is 17.8 Å². The Labute approximate surface area is 151 Å². The molecular formula is C16H17ClN4O3S. The maximum atomic E-state index is 12.6. The topological polar surface area (TPSA) is 92.3 Å². The minimum absolute atomic E-state index is 0.00376. The molecule has 1 amide bonds. The fourth-order valence-corrected chi connectivity index (χ4v) is 4.55. The fourth-order valence-electron chi connectivity index (χ4n) is 2.65. The average Bonchev–Trinajstić information content (AvgIpc) is 2.96. The maximum absolute atomic E-state index is 12.6. The normalized spacial score (nSPS) is 18.7. The first-order valence-corrected chi connectivity index (χ1v) is 9.86. The van der Waals surface area contributed by atoms with Gasteiger partial charge in [0.25, 0.3) is 5.91 Å². The smallest absolute Gasteiger partial charge is 0.272 e. The van der Waals surface area contributed by atoms with Gasteiger partial charge in [-0.25, -0.2) is 18.4 Å². The van der Waals surface area contributed by atoms with Crippen LogP contribution in [0.2, 0.25) is 5.02 Å². The minimum atomic E-state index is -3.06. The number of anilines is 2. The molecule has 2 aromatic rings. The highest BCUT2D eigenvalue weighted by Crippen LogP contribution is 2.20. The third kappa shape index (κ3) is 4.26. The SMILES string of the molecule is CN(C(=O)c1cc(Nc2ccc(Cl)cc2)ncn1)C1CCS(=O)(=O)C1. The number of sulfone groups is 1. The van der Waals surface area contributed by atoms with Crippen LogP contribution in [0.25, 0.3) is 0 Å². The Balaban J connectivity index is 1.74. The zero-order valence-corrected chi connectivity index (χ0v) is 15.1. The highest BCUT2D eigenvalue weighted by molar-refractivity contribution is 7.91. The Morgan fingerprint density at radius 3 is 2.64 bits per heavy atom. The molecular weight excluding hydrogens is 364 g/mol. The number of benzene rings is 1. The number of hydrogen-bond acceptors (Lipinski definition) is 6. The Kier molecular flexibility index (Phi) is 4.91. The molecule has 1 fully saturated rings. The van der Waals surface area contributed by atoms with E-state index >= 15 is 0 Å². The first kappa shape index (κ1) is 17.6. The molecule has 0 aliphatic carbocycles. The van der Waals surface area contributed by atoms with Gasteiger partial charge < -0.3 is 10.2 Å². The summed E-state index contributed by atoms with van der Waals surface area (Å²) in [5.41, 5.74) is 0.981. The van der Waals surface area contributed by atoms with Gasteiger partial charge in [-0.2, -0.15) is 0 Å². The number of carbonyl (C=O) groups excluding carboxylic acids is 1. The number of nitrogens with one attached hydrogen (secondary N) is 1. The molecule has 1 atom stereocenters. The molecule has 1 unspecified atom stereocenters. The predicted octanol–water partition coefficient (Wildman–Crippen LogP) is 2.13. The molecule has 1 N–H and O–H groups in total. The van der Waals surface area contributed by atoms with E-state index in [0.29, 0.717) is 17.3 Å². The Morgan fingerprint density at radius 2 is 2.00 bits per heavy atom. The van der Waals surface area contributed by atoms with Crippen LogP contribution in [0.15, 0.2) is 36.7 Å². The Morgan fingerprint density at radius 1 is 1.28 bits per heavy atom. The third-order valence-corrected chi connectivity index (χ3v) is 6.08. The molecule has 1 aromatic heterocycles. The second-order valence-electron chi connectivity index (χ2n) is 5.89. The van der Waals surface area contributed by atoms with Gasteiger partial charge in [0.2, 0.25) is 0 Å². The van der Waals surface area contributed by atoms with Crippen molar-refractivity contribution in [2.45, 2.75) is 12.5 Å². The summed E-state index contributed by atoms with van der Waals surface area (Å²) in [5, 5.41) is 3.69. The number of carbonyl (C=O) groups is 1. The second-order valence-corrected chi connectivity index (χ2v) is 8.56. The van der Waals surface area contributed by atoms with E-state index in [4.69, 9.17) is 11.6 Å². The molecule has 2 heterocycles. The molecule has 132 valence electrons. The second kappa shape index (κ2) is 6.97. The zero-order chi connectivity index (χ0) is 18.0.